The maximum atomic E-state index is 13.2. The summed E-state index contributed by atoms with van der Waals surface area (Å²) in [6.07, 6.45) is 0.573. The molecule has 0 aliphatic rings. The molecule has 1 aromatic carbocycles. The lowest BCUT2D eigenvalue weighted by Crippen LogP contribution is -2.15. The first kappa shape index (κ1) is 10.7. The fraction of sp³-hybridized carbons (Fsp3) is 0.300. The zero-order valence-electron chi connectivity index (χ0n) is 7.83. The minimum absolute atomic E-state index is 0.318. The molecule has 0 aromatic heterocycles. The van der Waals surface area contributed by atoms with E-state index in [0.29, 0.717) is 12.0 Å². The van der Waals surface area contributed by atoms with Gasteiger partial charge in [-0.2, -0.15) is 0 Å². The molecule has 0 radical (unpaired) electrons. The predicted molar refractivity (Wildman–Crippen MR) is 50.6 cm³/mol. The zero-order valence-corrected chi connectivity index (χ0v) is 7.83. The normalized spacial score (nSPS) is 12.5. The van der Waals surface area contributed by atoms with Gasteiger partial charge in [0.1, 0.15) is 5.82 Å². The molecule has 0 fully saturated rings. The zero-order chi connectivity index (χ0) is 10.7. The molecule has 4 heteroatoms. The summed E-state index contributed by atoms with van der Waals surface area (Å²) in [5.41, 5.74) is 5.70. The van der Waals surface area contributed by atoms with Gasteiger partial charge in [0.15, 0.2) is 0 Å². The van der Waals surface area contributed by atoms with Crippen molar-refractivity contribution in [2.45, 2.75) is 19.4 Å². The highest BCUT2D eigenvalue weighted by atomic mass is 19.1. The fourth-order valence-electron chi connectivity index (χ4n) is 1.30. The smallest absolute Gasteiger partial charge is 0.339 e. The summed E-state index contributed by atoms with van der Waals surface area (Å²) >= 11 is 0. The van der Waals surface area contributed by atoms with E-state index in [1.165, 1.54) is 6.07 Å². The summed E-state index contributed by atoms with van der Waals surface area (Å²) in [5.74, 6) is -2.01. The molecule has 0 heterocycles. The lowest BCUT2D eigenvalue weighted by atomic mass is 9.99. The maximum absolute atomic E-state index is 13.2. The van der Waals surface area contributed by atoms with E-state index in [-0.39, 0.29) is 5.56 Å². The summed E-state index contributed by atoms with van der Waals surface area (Å²) in [6, 6.07) is 3.69. The van der Waals surface area contributed by atoms with Crippen molar-refractivity contribution in [2.24, 2.45) is 5.73 Å². The number of carboxylic acids is 1. The lowest BCUT2D eigenvalue weighted by Gasteiger charge is -2.12. The number of carbonyl (C=O) groups is 1. The van der Waals surface area contributed by atoms with Gasteiger partial charge in [0.2, 0.25) is 0 Å². The molecule has 76 valence electrons. The Morgan fingerprint density at radius 1 is 1.64 bits per heavy atom. The molecule has 1 atom stereocenters. The number of hydrogen-bond donors (Lipinski definition) is 2. The van der Waals surface area contributed by atoms with Crippen LogP contribution in [0.3, 0.4) is 0 Å². The van der Waals surface area contributed by atoms with Gasteiger partial charge < -0.3 is 10.8 Å². The Balaban J connectivity index is 3.28. The van der Waals surface area contributed by atoms with Crippen molar-refractivity contribution in [1.29, 1.82) is 0 Å². The summed E-state index contributed by atoms with van der Waals surface area (Å²) < 4.78 is 13.2. The van der Waals surface area contributed by atoms with Crippen molar-refractivity contribution in [3.05, 3.63) is 35.1 Å². The third-order valence-corrected chi connectivity index (χ3v) is 2.10. The molecule has 14 heavy (non-hydrogen) atoms. The molecule has 3 nitrogen and oxygen atoms in total. The second kappa shape index (κ2) is 4.19. The van der Waals surface area contributed by atoms with Crippen molar-refractivity contribution in [3.8, 4) is 0 Å². The number of halogens is 1. The number of hydrogen-bond acceptors (Lipinski definition) is 2. The Labute approximate surface area is 81.4 Å². The molecule has 1 aromatic rings. The predicted octanol–water partition coefficient (Wildman–Crippen LogP) is 1.93. The number of aromatic carboxylic acids is 1. The van der Waals surface area contributed by atoms with Crippen molar-refractivity contribution in [3.63, 3.8) is 0 Å². The molecule has 3 N–H and O–H groups in total. The van der Waals surface area contributed by atoms with E-state index >= 15 is 0 Å². The first-order chi connectivity index (χ1) is 6.57. The van der Waals surface area contributed by atoms with Crippen LogP contribution < -0.4 is 5.73 Å². The van der Waals surface area contributed by atoms with E-state index in [9.17, 15) is 9.18 Å². The average molecular weight is 197 g/mol. The first-order valence-corrected chi connectivity index (χ1v) is 4.35. The fourth-order valence-corrected chi connectivity index (χ4v) is 1.30. The minimum atomic E-state index is -1.28. The van der Waals surface area contributed by atoms with Crippen LogP contribution in [0, 0.1) is 5.82 Å². The minimum Gasteiger partial charge on any atom is -0.478 e. The van der Waals surface area contributed by atoms with Crippen LogP contribution in [0.5, 0.6) is 0 Å². The van der Waals surface area contributed by atoms with E-state index in [4.69, 9.17) is 10.8 Å². The molecule has 1 unspecified atom stereocenters. The topological polar surface area (TPSA) is 63.3 Å². The summed E-state index contributed by atoms with van der Waals surface area (Å²) in [5, 5.41) is 8.80. The quantitative estimate of drug-likeness (QED) is 0.778. The van der Waals surface area contributed by atoms with Gasteiger partial charge in [-0.05, 0) is 18.1 Å². The number of rotatable bonds is 3. The molecule has 0 aliphatic heterocycles. The Kier molecular flexibility index (Phi) is 3.19. The van der Waals surface area contributed by atoms with Gasteiger partial charge in [-0.1, -0.05) is 19.1 Å². The third kappa shape index (κ3) is 1.90. The molecule has 0 saturated carbocycles. The largest absolute Gasteiger partial charge is 0.478 e. The van der Waals surface area contributed by atoms with Gasteiger partial charge >= 0.3 is 5.97 Å². The van der Waals surface area contributed by atoms with Crippen LogP contribution in [0.1, 0.15) is 35.3 Å². The molecule has 0 spiro atoms. The molecule has 1 rings (SSSR count). The molecular formula is C10H12FNO2. The second-order valence-electron chi connectivity index (χ2n) is 3.02. The first-order valence-electron chi connectivity index (χ1n) is 4.35. The van der Waals surface area contributed by atoms with Crippen molar-refractivity contribution < 1.29 is 14.3 Å². The van der Waals surface area contributed by atoms with Gasteiger partial charge in [-0.3, -0.25) is 0 Å². The Morgan fingerprint density at radius 3 is 2.79 bits per heavy atom. The summed E-state index contributed by atoms with van der Waals surface area (Å²) in [7, 11) is 0. The van der Waals surface area contributed by atoms with Gasteiger partial charge in [0, 0.05) is 6.04 Å². The van der Waals surface area contributed by atoms with Crippen LogP contribution in [-0.2, 0) is 0 Å². The average Bonchev–Trinajstić information content (AvgIpc) is 2.15. The van der Waals surface area contributed by atoms with Gasteiger partial charge in [-0.15, -0.1) is 0 Å². The van der Waals surface area contributed by atoms with Gasteiger partial charge in [-0.25, -0.2) is 9.18 Å². The summed E-state index contributed by atoms with van der Waals surface area (Å²) in [4.78, 5) is 10.8. The highest BCUT2D eigenvalue weighted by Gasteiger charge is 2.18. The van der Waals surface area contributed by atoms with Gasteiger partial charge in [0.25, 0.3) is 0 Å². The van der Waals surface area contributed by atoms with Crippen LogP contribution in [0.2, 0.25) is 0 Å². The Morgan fingerprint density at radius 2 is 2.29 bits per heavy atom. The lowest BCUT2D eigenvalue weighted by molar-refractivity contribution is 0.0690. The maximum Gasteiger partial charge on any atom is 0.339 e. The monoisotopic (exact) mass is 197 g/mol. The highest BCUT2D eigenvalue weighted by molar-refractivity contribution is 5.89. The molecule has 0 amide bonds. The van der Waals surface area contributed by atoms with Crippen molar-refractivity contribution in [1.82, 2.24) is 0 Å². The molecule has 0 bridgehead atoms. The van der Waals surface area contributed by atoms with Crippen molar-refractivity contribution >= 4 is 5.97 Å². The standard InChI is InChI=1S/C10H12FNO2/c1-2-8(12)6-4-3-5-7(11)9(6)10(13)14/h3-5,8H,2,12H2,1H3,(H,13,14). The van der Waals surface area contributed by atoms with E-state index in [0.717, 1.165) is 6.07 Å². The number of nitrogens with two attached hydrogens (primary N) is 1. The SMILES string of the molecule is CCC(N)c1cccc(F)c1C(=O)O. The van der Waals surface area contributed by atoms with E-state index in [2.05, 4.69) is 0 Å². The second-order valence-corrected chi connectivity index (χ2v) is 3.02. The third-order valence-electron chi connectivity index (χ3n) is 2.10. The van der Waals surface area contributed by atoms with Crippen LogP contribution in [0.4, 0.5) is 4.39 Å². The molecule has 0 aliphatic carbocycles. The molecular weight excluding hydrogens is 185 g/mol. The van der Waals surface area contributed by atoms with Gasteiger partial charge in [0.05, 0.1) is 5.56 Å². The summed E-state index contributed by atoms with van der Waals surface area (Å²) in [6.45, 7) is 1.82. The van der Waals surface area contributed by atoms with Crippen molar-refractivity contribution in [2.75, 3.05) is 0 Å². The number of carboxylic acid groups (broad SMARTS) is 1. The molecule has 0 saturated heterocycles. The van der Waals surface area contributed by atoms with Crippen LogP contribution in [-0.4, -0.2) is 11.1 Å². The van der Waals surface area contributed by atoms with Crippen LogP contribution >= 0.6 is 0 Å². The van der Waals surface area contributed by atoms with E-state index in [1.54, 1.807) is 6.07 Å². The van der Waals surface area contributed by atoms with E-state index in [1.807, 2.05) is 6.92 Å². The highest BCUT2D eigenvalue weighted by Crippen LogP contribution is 2.21. The van der Waals surface area contributed by atoms with Crippen LogP contribution in [0.15, 0.2) is 18.2 Å². The van der Waals surface area contributed by atoms with E-state index < -0.39 is 17.8 Å². The van der Waals surface area contributed by atoms with Crippen LogP contribution in [0.25, 0.3) is 0 Å². The Hall–Kier alpha value is -1.42. The number of benzene rings is 1. The Bertz CT molecular complexity index is 352.